The summed E-state index contributed by atoms with van der Waals surface area (Å²) in [6, 6.07) is 5.43. The zero-order valence-corrected chi connectivity index (χ0v) is 10.0. The van der Waals surface area contributed by atoms with E-state index in [9.17, 15) is 4.79 Å². The summed E-state index contributed by atoms with van der Waals surface area (Å²) < 4.78 is 15.6. The number of carbonyl (C=O) groups is 1. The first-order chi connectivity index (χ1) is 8.15. The Labute approximate surface area is 99.7 Å². The number of nitrogens with one attached hydrogen (secondary N) is 1. The molecule has 2 rings (SSSR count). The molecule has 17 heavy (non-hydrogen) atoms. The second-order valence-corrected chi connectivity index (χ2v) is 3.87. The summed E-state index contributed by atoms with van der Waals surface area (Å²) in [6.07, 6.45) is -0.681. The van der Waals surface area contributed by atoms with Crippen LogP contribution < -0.4 is 14.8 Å². The molecule has 1 fully saturated rings. The molecule has 92 valence electrons. The largest absolute Gasteiger partial charge is 0.493 e. The molecule has 2 atom stereocenters. The van der Waals surface area contributed by atoms with Gasteiger partial charge in [-0.2, -0.15) is 0 Å². The fraction of sp³-hybridized carbons (Fsp3) is 0.417. The van der Waals surface area contributed by atoms with Gasteiger partial charge in [-0.3, -0.25) is 0 Å². The van der Waals surface area contributed by atoms with E-state index in [0.29, 0.717) is 11.5 Å². The maximum Gasteiger partial charge on any atom is 0.408 e. The fourth-order valence-corrected chi connectivity index (χ4v) is 1.90. The highest BCUT2D eigenvalue weighted by atomic mass is 16.6. The molecule has 0 aliphatic carbocycles. The summed E-state index contributed by atoms with van der Waals surface area (Å²) in [5.74, 6) is 1.28. The van der Waals surface area contributed by atoms with Crippen molar-refractivity contribution in [1.29, 1.82) is 0 Å². The minimum atomic E-state index is -0.391. The van der Waals surface area contributed by atoms with Crippen LogP contribution in [-0.4, -0.2) is 26.4 Å². The minimum Gasteiger partial charge on any atom is -0.493 e. The molecule has 1 aliphatic rings. The van der Waals surface area contributed by atoms with Crippen molar-refractivity contribution < 1.29 is 19.0 Å². The van der Waals surface area contributed by atoms with Crippen LogP contribution in [-0.2, 0) is 4.74 Å². The molecule has 0 aromatic heterocycles. The zero-order valence-electron chi connectivity index (χ0n) is 10.0. The monoisotopic (exact) mass is 237 g/mol. The summed E-state index contributed by atoms with van der Waals surface area (Å²) >= 11 is 0. The van der Waals surface area contributed by atoms with Gasteiger partial charge in [-0.1, -0.05) is 6.07 Å². The first-order valence-electron chi connectivity index (χ1n) is 5.34. The second-order valence-electron chi connectivity index (χ2n) is 3.87. The number of rotatable bonds is 3. The summed E-state index contributed by atoms with van der Waals surface area (Å²) in [5, 5.41) is 2.70. The topological polar surface area (TPSA) is 56.8 Å². The highest BCUT2D eigenvalue weighted by Crippen LogP contribution is 2.33. The summed E-state index contributed by atoms with van der Waals surface area (Å²) in [7, 11) is 3.15. The lowest BCUT2D eigenvalue weighted by atomic mass is 10.0. The molecule has 5 nitrogen and oxygen atoms in total. The van der Waals surface area contributed by atoms with Crippen molar-refractivity contribution in [3.8, 4) is 11.5 Å². The number of amides is 1. The Bertz CT molecular complexity index is 433. The number of alkyl carbamates (subject to hydrolysis) is 1. The highest BCUT2D eigenvalue weighted by molar-refractivity contribution is 5.70. The van der Waals surface area contributed by atoms with Gasteiger partial charge in [0.15, 0.2) is 11.5 Å². The molecular weight excluding hydrogens is 222 g/mol. The predicted octanol–water partition coefficient (Wildman–Crippen LogP) is 1.87. The van der Waals surface area contributed by atoms with Crippen molar-refractivity contribution in [3.05, 3.63) is 23.8 Å². The Morgan fingerprint density at radius 2 is 1.94 bits per heavy atom. The molecule has 1 heterocycles. The van der Waals surface area contributed by atoms with E-state index in [1.807, 2.05) is 19.1 Å². The van der Waals surface area contributed by atoms with E-state index in [1.165, 1.54) is 0 Å². The second kappa shape index (κ2) is 4.53. The third-order valence-electron chi connectivity index (χ3n) is 2.77. The molecule has 1 aromatic rings. The maximum atomic E-state index is 11.1. The lowest BCUT2D eigenvalue weighted by molar-refractivity contribution is 0.133. The van der Waals surface area contributed by atoms with Crippen molar-refractivity contribution in [1.82, 2.24) is 5.32 Å². The summed E-state index contributed by atoms with van der Waals surface area (Å²) in [6.45, 7) is 1.90. The molecule has 1 aromatic carbocycles. The van der Waals surface area contributed by atoms with Crippen LogP contribution in [0.5, 0.6) is 11.5 Å². The Hall–Kier alpha value is -1.91. The van der Waals surface area contributed by atoms with E-state index in [0.717, 1.165) is 5.56 Å². The molecule has 1 saturated heterocycles. The highest BCUT2D eigenvalue weighted by Gasteiger charge is 2.32. The van der Waals surface area contributed by atoms with Gasteiger partial charge >= 0.3 is 6.09 Å². The number of cyclic esters (lactones) is 1. The van der Waals surface area contributed by atoms with Crippen LogP contribution in [0.15, 0.2) is 18.2 Å². The predicted molar refractivity (Wildman–Crippen MR) is 61.4 cm³/mol. The number of hydrogen-bond donors (Lipinski definition) is 1. The summed E-state index contributed by atoms with van der Waals surface area (Å²) in [5.41, 5.74) is 0.883. The van der Waals surface area contributed by atoms with Crippen LogP contribution in [0.4, 0.5) is 4.79 Å². The lowest BCUT2D eigenvalue weighted by Gasteiger charge is -2.15. The molecule has 0 spiro atoms. The third kappa shape index (κ3) is 2.13. The smallest absolute Gasteiger partial charge is 0.408 e. The first-order valence-corrected chi connectivity index (χ1v) is 5.34. The first kappa shape index (κ1) is 11.6. The Morgan fingerprint density at radius 3 is 2.47 bits per heavy atom. The Morgan fingerprint density at radius 1 is 1.24 bits per heavy atom. The zero-order chi connectivity index (χ0) is 12.4. The van der Waals surface area contributed by atoms with Crippen LogP contribution in [0.1, 0.15) is 18.6 Å². The van der Waals surface area contributed by atoms with Crippen LogP contribution in [0.3, 0.4) is 0 Å². The number of ether oxygens (including phenoxy) is 3. The maximum absolute atomic E-state index is 11.1. The van der Waals surface area contributed by atoms with Gasteiger partial charge in [-0.05, 0) is 24.6 Å². The lowest BCUT2D eigenvalue weighted by Crippen LogP contribution is -2.23. The fourth-order valence-electron chi connectivity index (χ4n) is 1.90. The van der Waals surface area contributed by atoms with E-state index in [1.54, 1.807) is 20.3 Å². The average Bonchev–Trinajstić information content (AvgIpc) is 2.67. The summed E-state index contributed by atoms with van der Waals surface area (Å²) in [4.78, 5) is 11.1. The van der Waals surface area contributed by atoms with Gasteiger partial charge in [0, 0.05) is 0 Å². The molecular formula is C12H15NO4. The van der Waals surface area contributed by atoms with Gasteiger partial charge in [-0.15, -0.1) is 0 Å². The van der Waals surface area contributed by atoms with Gasteiger partial charge in [-0.25, -0.2) is 4.79 Å². The van der Waals surface area contributed by atoms with E-state index in [4.69, 9.17) is 14.2 Å². The van der Waals surface area contributed by atoms with Crippen molar-refractivity contribution >= 4 is 6.09 Å². The number of benzene rings is 1. The van der Waals surface area contributed by atoms with Crippen molar-refractivity contribution in [2.75, 3.05) is 14.2 Å². The van der Waals surface area contributed by atoms with Crippen molar-refractivity contribution in [2.45, 2.75) is 19.1 Å². The van der Waals surface area contributed by atoms with E-state index in [-0.39, 0.29) is 12.1 Å². The SMILES string of the molecule is COc1ccc(C2OC(=O)NC2C)cc1OC. The average molecular weight is 237 g/mol. The van der Waals surface area contributed by atoms with E-state index in [2.05, 4.69) is 5.32 Å². The third-order valence-corrected chi connectivity index (χ3v) is 2.77. The number of carbonyl (C=O) groups excluding carboxylic acids is 1. The molecule has 0 saturated carbocycles. The van der Waals surface area contributed by atoms with Gasteiger partial charge in [0.1, 0.15) is 6.10 Å². The Kier molecular flexibility index (Phi) is 3.08. The standard InChI is InChI=1S/C12H15NO4/c1-7-11(17-12(14)13-7)8-4-5-9(15-2)10(6-8)16-3/h4-7,11H,1-3H3,(H,13,14). The molecule has 0 bridgehead atoms. The molecule has 2 unspecified atom stereocenters. The quantitative estimate of drug-likeness (QED) is 0.872. The van der Waals surface area contributed by atoms with Crippen LogP contribution in [0.25, 0.3) is 0 Å². The molecule has 1 aliphatic heterocycles. The molecule has 0 radical (unpaired) electrons. The normalized spacial score (nSPS) is 22.9. The molecule has 1 amide bonds. The van der Waals surface area contributed by atoms with Gasteiger partial charge < -0.3 is 19.5 Å². The van der Waals surface area contributed by atoms with Crippen LogP contribution in [0.2, 0.25) is 0 Å². The van der Waals surface area contributed by atoms with E-state index < -0.39 is 6.09 Å². The van der Waals surface area contributed by atoms with Gasteiger partial charge in [0.25, 0.3) is 0 Å². The van der Waals surface area contributed by atoms with Crippen molar-refractivity contribution in [2.24, 2.45) is 0 Å². The van der Waals surface area contributed by atoms with Gasteiger partial charge in [0.05, 0.1) is 20.3 Å². The van der Waals surface area contributed by atoms with Gasteiger partial charge in [0.2, 0.25) is 0 Å². The number of methoxy groups -OCH3 is 2. The van der Waals surface area contributed by atoms with Crippen LogP contribution in [0, 0.1) is 0 Å². The van der Waals surface area contributed by atoms with Crippen LogP contribution >= 0.6 is 0 Å². The van der Waals surface area contributed by atoms with E-state index >= 15 is 0 Å². The number of hydrogen-bond acceptors (Lipinski definition) is 4. The minimum absolute atomic E-state index is 0.0550. The molecule has 5 heteroatoms. The Balaban J connectivity index is 2.30. The molecule has 1 N–H and O–H groups in total. The van der Waals surface area contributed by atoms with Crippen molar-refractivity contribution in [3.63, 3.8) is 0 Å².